The number of imide groups is 2. The molecule has 5 aliphatic rings. The highest BCUT2D eigenvalue weighted by Crippen LogP contribution is 2.39. The van der Waals surface area contributed by atoms with Crippen LogP contribution in [-0.2, 0) is 21.4 Å². The number of likely N-dealkylation sites (N-methyl/N-ethyl adjacent to an activating group) is 1. The molecule has 0 spiro atoms. The lowest BCUT2D eigenvalue weighted by Crippen LogP contribution is -2.54. The third-order valence-electron chi connectivity index (χ3n) is 12.3. The van der Waals surface area contributed by atoms with Crippen molar-refractivity contribution >= 4 is 75.2 Å². The maximum absolute atomic E-state index is 13.4. The first-order chi connectivity index (χ1) is 28.4. The number of benzene rings is 2. The van der Waals surface area contributed by atoms with E-state index in [9.17, 15) is 28.8 Å². The molecule has 2 bridgehead atoms. The molecular weight excluding hydrogens is 780 g/mol. The Morgan fingerprint density at radius 1 is 0.966 bits per heavy atom. The Morgan fingerprint density at radius 3 is 2.51 bits per heavy atom. The number of hydrogen-bond donors (Lipinski definition) is 3. The van der Waals surface area contributed by atoms with E-state index in [4.69, 9.17) is 21.3 Å². The van der Waals surface area contributed by atoms with Crippen molar-refractivity contribution in [2.75, 3.05) is 61.5 Å². The molecule has 3 N–H and O–H groups in total. The second-order valence-electron chi connectivity index (χ2n) is 15.9. The zero-order chi connectivity index (χ0) is 41.1. The van der Waals surface area contributed by atoms with Crippen molar-refractivity contribution in [3.8, 4) is 5.75 Å². The van der Waals surface area contributed by atoms with Crippen molar-refractivity contribution in [2.24, 2.45) is 13.0 Å². The van der Waals surface area contributed by atoms with Crippen molar-refractivity contribution in [3.05, 3.63) is 75.2 Å². The molecular formula is C41H43ClN10O7. The molecule has 0 aliphatic carbocycles. The first-order valence-corrected chi connectivity index (χ1v) is 20.2. The van der Waals surface area contributed by atoms with E-state index in [1.165, 1.54) is 11.6 Å². The number of halogens is 1. The molecule has 0 saturated carbocycles. The molecule has 4 fully saturated rings. The van der Waals surface area contributed by atoms with Crippen molar-refractivity contribution in [1.82, 2.24) is 35.0 Å². The number of pyridine rings is 1. The SMILES string of the molecule is CNC(=O)COc1cc2cc(Nc3nc(N4CCC(CN5CC6CC5CN6c5ccc6c(c5)C(=O)N(C5CCC(=O)NC5=O)C6=O)CC4)ncc3Cl)ccc2n(C)c1=O. The number of piperazine rings is 1. The van der Waals surface area contributed by atoms with E-state index < -0.39 is 29.7 Å². The monoisotopic (exact) mass is 822 g/mol. The van der Waals surface area contributed by atoms with Gasteiger partial charge in [0.15, 0.2) is 18.2 Å². The van der Waals surface area contributed by atoms with Crippen molar-refractivity contribution in [1.29, 1.82) is 0 Å². The summed E-state index contributed by atoms with van der Waals surface area (Å²) in [7, 11) is 3.15. The predicted octanol–water partition coefficient (Wildman–Crippen LogP) is 2.43. The van der Waals surface area contributed by atoms with Gasteiger partial charge in [0, 0.05) is 82.1 Å². The number of amides is 5. The Bertz CT molecular complexity index is 2490. The summed E-state index contributed by atoms with van der Waals surface area (Å²) in [5, 5.41) is 9.13. The van der Waals surface area contributed by atoms with Gasteiger partial charge in [0.05, 0.1) is 22.8 Å². The summed E-state index contributed by atoms with van der Waals surface area (Å²) in [6.07, 6.45) is 4.82. The standard InChI is InChI=1S/C41H43ClN10O7/c1-43-35(54)21-59-33-14-23-13-24(3-6-31(23)48(2)40(33)58)45-36-30(42)17-44-41(47-36)49-11-9-22(10-12-49)18-50-19-27-15-26(50)20-51(27)25-4-5-28-29(16-25)39(57)52(38(28)56)32-7-8-34(53)46-37(32)55/h3-6,13-14,16-17,22,26-27,32H,7-12,15,18-21H2,1-2H3,(H,43,54)(H,44,45,47)(H,46,53,55). The van der Waals surface area contributed by atoms with Crippen LogP contribution in [0.25, 0.3) is 10.9 Å². The second kappa shape index (κ2) is 15.3. The number of nitrogens with zero attached hydrogens (tertiary/aromatic N) is 7. The van der Waals surface area contributed by atoms with E-state index in [1.807, 2.05) is 24.3 Å². The Kier molecular flexibility index (Phi) is 9.95. The molecule has 4 aromatic rings. The fourth-order valence-electron chi connectivity index (χ4n) is 9.16. The highest BCUT2D eigenvalue weighted by atomic mass is 35.5. The molecule has 9 rings (SSSR count). The lowest BCUT2D eigenvalue weighted by atomic mass is 9.96. The molecule has 2 aromatic heterocycles. The van der Waals surface area contributed by atoms with Crippen LogP contribution in [0.2, 0.25) is 5.02 Å². The summed E-state index contributed by atoms with van der Waals surface area (Å²) in [5.41, 5.74) is 2.55. The fourth-order valence-corrected chi connectivity index (χ4v) is 9.30. The second-order valence-corrected chi connectivity index (χ2v) is 16.3. The lowest BCUT2D eigenvalue weighted by molar-refractivity contribution is -0.136. The Morgan fingerprint density at radius 2 is 1.76 bits per heavy atom. The first-order valence-electron chi connectivity index (χ1n) is 19.8. The number of piperidine rings is 2. The molecule has 306 valence electrons. The molecule has 17 nitrogen and oxygen atoms in total. The van der Waals surface area contributed by atoms with Gasteiger partial charge in [-0.05, 0) is 74.1 Å². The van der Waals surface area contributed by atoms with E-state index in [-0.39, 0.29) is 36.7 Å². The molecule has 0 radical (unpaired) electrons. The number of nitrogens with one attached hydrogen (secondary N) is 3. The van der Waals surface area contributed by atoms with Crippen LogP contribution in [-0.4, -0.2) is 118 Å². The minimum atomic E-state index is -0.984. The van der Waals surface area contributed by atoms with E-state index >= 15 is 0 Å². The number of fused-ring (bicyclic) bond motifs is 4. The summed E-state index contributed by atoms with van der Waals surface area (Å²) in [4.78, 5) is 92.8. The lowest BCUT2D eigenvalue weighted by Gasteiger charge is -2.39. The van der Waals surface area contributed by atoms with Gasteiger partial charge in [0.25, 0.3) is 23.3 Å². The maximum Gasteiger partial charge on any atom is 0.293 e. The maximum atomic E-state index is 13.4. The van der Waals surface area contributed by atoms with Crippen LogP contribution in [0.15, 0.2) is 53.5 Å². The molecule has 7 heterocycles. The van der Waals surface area contributed by atoms with Gasteiger partial charge in [-0.1, -0.05) is 11.6 Å². The fraction of sp³-hybridized carbons (Fsp3) is 0.415. The smallest absolute Gasteiger partial charge is 0.293 e. The van der Waals surface area contributed by atoms with Crippen LogP contribution in [0.1, 0.15) is 52.8 Å². The molecule has 4 saturated heterocycles. The summed E-state index contributed by atoms with van der Waals surface area (Å²) in [5.74, 6) is -0.694. The number of hydrogen-bond acceptors (Lipinski definition) is 13. The van der Waals surface area contributed by atoms with Gasteiger partial charge in [0.1, 0.15) is 11.1 Å². The average molecular weight is 823 g/mol. The topological polar surface area (TPSA) is 191 Å². The number of rotatable bonds is 10. The van der Waals surface area contributed by atoms with Gasteiger partial charge in [-0.15, -0.1) is 0 Å². The number of aryl methyl sites for hydroxylation is 1. The number of carbonyl (C=O) groups excluding carboxylic acids is 5. The van der Waals surface area contributed by atoms with Gasteiger partial charge in [0.2, 0.25) is 17.8 Å². The van der Waals surface area contributed by atoms with Crippen LogP contribution in [0, 0.1) is 5.92 Å². The third-order valence-corrected chi connectivity index (χ3v) is 12.6. The van der Waals surface area contributed by atoms with Crippen molar-refractivity contribution in [2.45, 2.75) is 50.2 Å². The van der Waals surface area contributed by atoms with Gasteiger partial charge in [-0.3, -0.25) is 43.9 Å². The molecule has 3 unspecified atom stereocenters. The largest absolute Gasteiger partial charge is 0.478 e. The Labute approximate surface area is 343 Å². The molecule has 5 aliphatic heterocycles. The quantitative estimate of drug-likeness (QED) is 0.198. The number of likely N-dealkylation sites (tertiary alicyclic amines) is 1. The summed E-state index contributed by atoms with van der Waals surface area (Å²) in [6, 6.07) is 12.2. The summed E-state index contributed by atoms with van der Waals surface area (Å²) >= 11 is 6.57. The minimum Gasteiger partial charge on any atom is -0.478 e. The van der Waals surface area contributed by atoms with Gasteiger partial charge in [-0.2, -0.15) is 4.98 Å². The highest BCUT2D eigenvalue weighted by Gasteiger charge is 2.47. The minimum absolute atomic E-state index is 0.0712. The van der Waals surface area contributed by atoms with E-state index in [2.05, 4.69) is 35.6 Å². The Hall–Kier alpha value is -6.07. The van der Waals surface area contributed by atoms with Crippen molar-refractivity contribution in [3.63, 3.8) is 0 Å². The predicted molar refractivity (Wildman–Crippen MR) is 218 cm³/mol. The number of anilines is 4. The van der Waals surface area contributed by atoms with Crippen LogP contribution < -0.4 is 36.0 Å². The molecule has 59 heavy (non-hydrogen) atoms. The third kappa shape index (κ3) is 7.11. The van der Waals surface area contributed by atoms with Gasteiger partial charge < -0.3 is 29.7 Å². The van der Waals surface area contributed by atoms with E-state index in [0.717, 1.165) is 68.0 Å². The molecule has 2 aromatic carbocycles. The number of carbonyl (C=O) groups is 5. The summed E-state index contributed by atoms with van der Waals surface area (Å²) < 4.78 is 6.98. The molecule has 18 heteroatoms. The van der Waals surface area contributed by atoms with Gasteiger partial charge in [-0.25, -0.2) is 4.98 Å². The normalized spacial score (nSPS) is 22.0. The highest BCUT2D eigenvalue weighted by molar-refractivity contribution is 6.33. The Balaban J connectivity index is 0.797. The zero-order valence-electron chi connectivity index (χ0n) is 32.6. The van der Waals surface area contributed by atoms with Crippen LogP contribution in [0.5, 0.6) is 5.75 Å². The van der Waals surface area contributed by atoms with Crippen LogP contribution in [0.4, 0.5) is 23.1 Å². The molecule has 3 atom stereocenters. The van der Waals surface area contributed by atoms with E-state index in [0.29, 0.717) is 57.1 Å². The van der Waals surface area contributed by atoms with Gasteiger partial charge >= 0.3 is 0 Å². The molecule has 5 amide bonds. The zero-order valence-corrected chi connectivity index (χ0v) is 33.3. The summed E-state index contributed by atoms with van der Waals surface area (Å²) in [6.45, 7) is 4.09. The van der Waals surface area contributed by atoms with E-state index in [1.54, 1.807) is 31.4 Å². The average Bonchev–Trinajstić information content (AvgIpc) is 3.91. The first kappa shape index (κ1) is 38.4. The van der Waals surface area contributed by atoms with Crippen LogP contribution in [0.3, 0.4) is 0 Å². The van der Waals surface area contributed by atoms with Crippen LogP contribution >= 0.6 is 11.6 Å². The van der Waals surface area contributed by atoms with Crippen molar-refractivity contribution < 1.29 is 28.7 Å². The number of ether oxygens (including phenoxy) is 1. The number of aromatic nitrogens is 3.